The van der Waals surface area contributed by atoms with Crippen molar-refractivity contribution in [2.45, 2.75) is 49.9 Å². The zero-order valence-corrected chi connectivity index (χ0v) is 24.8. The Balaban J connectivity index is 1.76. The second-order valence-corrected chi connectivity index (χ2v) is 11.1. The van der Waals surface area contributed by atoms with Gasteiger partial charge in [-0.2, -0.15) is 11.8 Å². The third-order valence-electron chi connectivity index (χ3n) is 6.79. The molecule has 4 unspecified atom stereocenters. The van der Waals surface area contributed by atoms with Crippen LogP contribution in [-0.2, 0) is 38.4 Å². The van der Waals surface area contributed by atoms with Crippen LogP contribution >= 0.6 is 11.8 Å². The topological polar surface area (TPSA) is 171 Å². The van der Waals surface area contributed by atoms with Crippen molar-refractivity contribution in [1.82, 2.24) is 16.0 Å². The Hall–Kier alpha value is -4.35. The van der Waals surface area contributed by atoms with Crippen molar-refractivity contribution in [3.63, 3.8) is 0 Å². The number of carbonyl (C=O) groups is 4. The highest BCUT2D eigenvalue weighted by atomic mass is 32.2. The Kier molecular flexibility index (Phi) is 13.1. The molecular weight excluding hydrogens is 568 g/mol. The fourth-order valence-corrected chi connectivity index (χ4v) is 4.89. The van der Waals surface area contributed by atoms with E-state index in [1.807, 2.05) is 42.7 Å². The first-order chi connectivity index (χ1) is 20.7. The summed E-state index contributed by atoms with van der Waals surface area (Å²) in [7, 11) is 0. The number of rotatable bonds is 16. The third kappa shape index (κ3) is 11.1. The first-order valence-electron chi connectivity index (χ1n) is 13.9. The molecule has 3 rings (SSSR count). The van der Waals surface area contributed by atoms with Crippen LogP contribution in [0.3, 0.4) is 0 Å². The number of aromatic hydroxyl groups is 1. The number of hydrogen-bond donors (Lipinski definition) is 6. The summed E-state index contributed by atoms with van der Waals surface area (Å²) in [6.45, 7) is 0. The zero-order valence-electron chi connectivity index (χ0n) is 23.9. The smallest absolute Gasteiger partial charge is 0.326 e. The highest BCUT2D eigenvalue weighted by molar-refractivity contribution is 7.98. The molecule has 0 aliphatic rings. The lowest BCUT2D eigenvalue weighted by molar-refractivity contribution is -0.142. The molecule has 3 aromatic carbocycles. The molecule has 3 aromatic rings. The predicted octanol–water partition coefficient (Wildman–Crippen LogP) is 2.04. The summed E-state index contributed by atoms with van der Waals surface area (Å²) in [6.07, 6.45) is 2.50. The maximum Gasteiger partial charge on any atom is 0.326 e. The van der Waals surface area contributed by atoms with Gasteiger partial charge in [-0.25, -0.2) is 4.79 Å². The highest BCUT2D eigenvalue weighted by Crippen LogP contribution is 2.13. The molecular formula is C32H38N4O6S. The van der Waals surface area contributed by atoms with Crippen LogP contribution in [-0.4, -0.2) is 70.1 Å². The number of phenols is 1. The van der Waals surface area contributed by atoms with Gasteiger partial charge in [0.25, 0.3) is 0 Å². The normalized spacial score (nSPS) is 13.6. The van der Waals surface area contributed by atoms with Crippen molar-refractivity contribution in [2.24, 2.45) is 5.73 Å². The van der Waals surface area contributed by atoms with Crippen LogP contribution in [0.15, 0.2) is 84.9 Å². The Morgan fingerprint density at radius 3 is 1.70 bits per heavy atom. The maximum atomic E-state index is 13.6. The van der Waals surface area contributed by atoms with E-state index in [-0.39, 0.29) is 31.4 Å². The van der Waals surface area contributed by atoms with E-state index in [0.29, 0.717) is 11.3 Å². The van der Waals surface area contributed by atoms with Gasteiger partial charge >= 0.3 is 5.97 Å². The van der Waals surface area contributed by atoms with E-state index in [1.54, 1.807) is 36.4 Å². The van der Waals surface area contributed by atoms with Crippen LogP contribution in [0.25, 0.3) is 0 Å². The average molecular weight is 607 g/mol. The summed E-state index contributed by atoms with van der Waals surface area (Å²) in [6, 6.07) is 20.1. The van der Waals surface area contributed by atoms with E-state index in [9.17, 15) is 29.4 Å². The van der Waals surface area contributed by atoms with Crippen molar-refractivity contribution in [3.05, 3.63) is 102 Å². The molecule has 228 valence electrons. The molecule has 0 aromatic heterocycles. The molecule has 10 nitrogen and oxygen atoms in total. The number of carbonyl (C=O) groups excluding carboxylic acids is 3. The number of thioether (sulfide) groups is 1. The third-order valence-corrected chi connectivity index (χ3v) is 7.43. The minimum absolute atomic E-state index is 0.0518. The molecule has 0 radical (unpaired) electrons. The van der Waals surface area contributed by atoms with Gasteiger partial charge in [0.05, 0.1) is 6.04 Å². The largest absolute Gasteiger partial charge is 0.508 e. The molecule has 4 atom stereocenters. The van der Waals surface area contributed by atoms with Crippen LogP contribution in [0, 0.1) is 0 Å². The minimum Gasteiger partial charge on any atom is -0.508 e. The lowest BCUT2D eigenvalue weighted by Gasteiger charge is -2.25. The van der Waals surface area contributed by atoms with Crippen LogP contribution in [0.5, 0.6) is 5.75 Å². The Morgan fingerprint density at radius 1 is 0.674 bits per heavy atom. The van der Waals surface area contributed by atoms with E-state index in [2.05, 4.69) is 16.0 Å². The molecule has 11 heteroatoms. The highest BCUT2D eigenvalue weighted by Gasteiger charge is 2.30. The number of nitrogens with one attached hydrogen (secondary N) is 3. The molecule has 0 saturated heterocycles. The summed E-state index contributed by atoms with van der Waals surface area (Å²) in [5, 5.41) is 27.4. The predicted molar refractivity (Wildman–Crippen MR) is 167 cm³/mol. The van der Waals surface area contributed by atoms with Crippen molar-refractivity contribution in [1.29, 1.82) is 0 Å². The lowest BCUT2D eigenvalue weighted by Crippen LogP contribution is -2.58. The van der Waals surface area contributed by atoms with Gasteiger partial charge in [-0.1, -0.05) is 72.8 Å². The standard InChI is InChI=1S/C32H38N4O6S/c1-43-17-16-26(30(39)36-28(32(41)42)20-22-10-6-3-7-11-22)34-31(40)27(19-23-12-14-24(37)15-13-23)35-29(38)25(33)18-21-8-4-2-5-9-21/h2-15,25-28,37H,16-20,33H2,1H3,(H,34,40)(H,35,38)(H,36,39)(H,41,42). The Morgan fingerprint density at radius 2 is 1.14 bits per heavy atom. The molecule has 0 heterocycles. The summed E-state index contributed by atoms with van der Waals surface area (Å²) >= 11 is 1.47. The number of carboxylic acids is 1. The molecule has 0 fully saturated rings. The summed E-state index contributed by atoms with van der Waals surface area (Å²) < 4.78 is 0. The molecule has 0 aliphatic carbocycles. The van der Waals surface area contributed by atoms with E-state index >= 15 is 0 Å². The number of hydrogen-bond acceptors (Lipinski definition) is 7. The van der Waals surface area contributed by atoms with Gasteiger partial charge in [0.15, 0.2) is 0 Å². The van der Waals surface area contributed by atoms with E-state index < -0.39 is 47.9 Å². The maximum absolute atomic E-state index is 13.6. The summed E-state index contributed by atoms with van der Waals surface area (Å²) in [5.74, 6) is -2.42. The second kappa shape index (κ2) is 16.9. The van der Waals surface area contributed by atoms with Gasteiger partial charge in [-0.3, -0.25) is 14.4 Å². The van der Waals surface area contributed by atoms with Gasteiger partial charge < -0.3 is 31.9 Å². The minimum atomic E-state index is -1.20. The molecule has 3 amide bonds. The van der Waals surface area contributed by atoms with Crippen LogP contribution in [0.2, 0.25) is 0 Å². The van der Waals surface area contributed by atoms with E-state index in [4.69, 9.17) is 5.73 Å². The number of benzene rings is 3. The first kappa shape index (κ1) is 33.2. The van der Waals surface area contributed by atoms with Gasteiger partial charge in [0.2, 0.25) is 17.7 Å². The zero-order chi connectivity index (χ0) is 31.2. The number of nitrogens with two attached hydrogens (primary N) is 1. The number of phenolic OH excluding ortho intramolecular Hbond substituents is 1. The molecule has 7 N–H and O–H groups in total. The van der Waals surface area contributed by atoms with Crippen LogP contribution in [0.4, 0.5) is 0 Å². The molecule has 43 heavy (non-hydrogen) atoms. The summed E-state index contributed by atoms with van der Waals surface area (Å²) in [5.41, 5.74) is 8.44. The molecule has 0 saturated carbocycles. The molecule has 0 aliphatic heterocycles. The monoisotopic (exact) mass is 606 g/mol. The van der Waals surface area contributed by atoms with Gasteiger partial charge in [0.1, 0.15) is 23.9 Å². The van der Waals surface area contributed by atoms with Gasteiger partial charge in [-0.05, 0) is 53.7 Å². The second-order valence-electron chi connectivity index (χ2n) is 10.2. The SMILES string of the molecule is CSCCC(NC(=O)C(Cc1ccc(O)cc1)NC(=O)C(N)Cc1ccccc1)C(=O)NC(Cc1ccccc1)C(=O)O. The van der Waals surface area contributed by atoms with Crippen molar-refractivity contribution in [2.75, 3.05) is 12.0 Å². The van der Waals surface area contributed by atoms with Crippen molar-refractivity contribution in [3.8, 4) is 5.75 Å². The molecule has 0 bridgehead atoms. The number of aliphatic carboxylic acids is 1. The number of carboxylic acid groups (broad SMARTS) is 1. The van der Waals surface area contributed by atoms with Gasteiger partial charge in [0, 0.05) is 12.8 Å². The van der Waals surface area contributed by atoms with E-state index in [1.165, 1.54) is 23.9 Å². The lowest BCUT2D eigenvalue weighted by atomic mass is 10.0. The number of amides is 3. The van der Waals surface area contributed by atoms with Gasteiger partial charge in [-0.15, -0.1) is 0 Å². The van der Waals surface area contributed by atoms with Crippen LogP contribution in [0.1, 0.15) is 23.1 Å². The van der Waals surface area contributed by atoms with E-state index in [0.717, 1.165) is 11.1 Å². The quantitative estimate of drug-likeness (QED) is 0.144. The average Bonchev–Trinajstić information content (AvgIpc) is 3.00. The Labute approximate surface area is 255 Å². The Bertz CT molecular complexity index is 1340. The fourth-order valence-electron chi connectivity index (χ4n) is 4.42. The van der Waals surface area contributed by atoms with Crippen LogP contribution < -0.4 is 21.7 Å². The van der Waals surface area contributed by atoms with Crippen molar-refractivity contribution >= 4 is 35.5 Å². The first-order valence-corrected chi connectivity index (χ1v) is 15.3. The van der Waals surface area contributed by atoms with Crippen molar-refractivity contribution < 1.29 is 29.4 Å². The summed E-state index contributed by atoms with van der Waals surface area (Å²) in [4.78, 5) is 52.0. The molecule has 0 spiro atoms. The fraction of sp³-hybridized carbons (Fsp3) is 0.312.